The highest BCUT2D eigenvalue weighted by atomic mass is 15.2. The van der Waals surface area contributed by atoms with Gasteiger partial charge in [0, 0.05) is 23.5 Å². The molecule has 0 spiro atoms. The molecule has 3 aromatic rings. The van der Waals surface area contributed by atoms with E-state index in [1.165, 1.54) is 0 Å². The molecule has 0 amide bonds. The number of hydrogen-bond acceptors (Lipinski definition) is 4. The Balaban J connectivity index is 2.07. The highest BCUT2D eigenvalue weighted by Gasteiger charge is 2.11. The summed E-state index contributed by atoms with van der Waals surface area (Å²) in [6.45, 7) is 2.14. The van der Waals surface area contributed by atoms with Crippen LogP contribution in [0.5, 0.6) is 0 Å². The first kappa shape index (κ1) is 13.4. The van der Waals surface area contributed by atoms with Gasteiger partial charge in [-0.05, 0) is 18.6 Å². The van der Waals surface area contributed by atoms with Gasteiger partial charge in [0.1, 0.15) is 5.69 Å². The van der Waals surface area contributed by atoms with Gasteiger partial charge >= 0.3 is 0 Å². The van der Waals surface area contributed by atoms with Crippen LogP contribution < -0.4 is 0 Å². The quantitative estimate of drug-likeness (QED) is 0.731. The molecule has 104 valence electrons. The molecule has 0 aliphatic rings. The predicted octanol–water partition coefficient (Wildman–Crippen LogP) is 3.55. The molecule has 0 unspecified atom stereocenters. The summed E-state index contributed by atoms with van der Waals surface area (Å²) in [5.41, 5.74) is 3.86. The van der Waals surface area contributed by atoms with E-state index >= 15 is 0 Å². The standard InChI is InChI=1S/C17H16N4/c1-2-6-15-16(13-7-4-3-5-8-13)20-21-17(19-15)14-9-11-18-12-10-14/h3-5,7-12H,2,6H2,1H3. The van der Waals surface area contributed by atoms with Crippen molar-refractivity contribution >= 4 is 0 Å². The lowest BCUT2D eigenvalue weighted by molar-refractivity contribution is 0.846. The Morgan fingerprint density at radius 3 is 2.33 bits per heavy atom. The molecule has 4 nitrogen and oxygen atoms in total. The maximum atomic E-state index is 4.71. The Kier molecular flexibility index (Phi) is 3.96. The van der Waals surface area contributed by atoms with Crippen LogP contribution in [0.1, 0.15) is 19.0 Å². The van der Waals surface area contributed by atoms with E-state index in [4.69, 9.17) is 4.98 Å². The van der Waals surface area contributed by atoms with Gasteiger partial charge in [-0.25, -0.2) is 4.98 Å². The third-order valence-corrected chi connectivity index (χ3v) is 3.23. The maximum absolute atomic E-state index is 4.71. The van der Waals surface area contributed by atoms with E-state index in [1.54, 1.807) is 12.4 Å². The Bertz CT molecular complexity index is 711. The molecule has 2 aromatic heterocycles. The minimum absolute atomic E-state index is 0.653. The van der Waals surface area contributed by atoms with Gasteiger partial charge in [0.05, 0.1) is 5.69 Å². The van der Waals surface area contributed by atoms with E-state index in [2.05, 4.69) is 22.1 Å². The van der Waals surface area contributed by atoms with Crippen molar-refractivity contribution in [1.29, 1.82) is 0 Å². The minimum atomic E-state index is 0.653. The van der Waals surface area contributed by atoms with Crippen LogP contribution >= 0.6 is 0 Å². The average molecular weight is 276 g/mol. The molecule has 21 heavy (non-hydrogen) atoms. The van der Waals surface area contributed by atoms with Crippen molar-refractivity contribution in [1.82, 2.24) is 20.2 Å². The molecule has 0 radical (unpaired) electrons. The number of rotatable bonds is 4. The fourth-order valence-corrected chi connectivity index (χ4v) is 2.21. The summed E-state index contributed by atoms with van der Waals surface area (Å²) in [4.78, 5) is 8.73. The van der Waals surface area contributed by atoms with Crippen LogP contribution in [0, 0.1) is 0 Å². The first-order chi connectivity index (χ1) is 10.4. The summed E-state index contributed by atoms with van der Waals surface area (Å²) in [6.07, 6.45) is 5.39. The van der Waals surface area contributed by atoms with Crippen molar-refractivity contribution in [3.8, 4) is 22.6 Å². The largest absolute Gasteiger partial charge is 0.265 e. The molecule has 0 saturated carbocycles. The molecular formula is C17H16N4. The van der Waals surface area contributed by atoms with Gasteiger partial charge in [0.15, 0.2) is 5.82 Å². The van der Waals surface area contributed by atoms with Crippen LogP contribution in [0.4, 0.5) is 0 Å². The number of pyridine rings is 1. The summed E-state index contributed by atoms with van der Waals surface area (Å²) >= 11 is 0. The zero-order valence-corrected chi connectivity index (χ0v) is 11.9. The predicted molar refractivity (Wildman–Crippen MR) is 82.5 cm³/mol. The van der Waals surface area contributed by atoms with Crippen molar-refractivity contribution in [2.24, 2.45) is 0 Å². The molecule has 3 rings (SSSR count). The third kappa shape index (κ3) is 2.94. The van der Waals surface area contributed by atoms with Gasteiger partial charge < -0.3 is 0 Å². The van der Waals surface area contributed by atoms with Crippen LogP contribution in [0.2, 0.25) is 0 Å². The van der Waals surface area contributed by atoms with Gasteiger partial charge in [0.25, 0.3) is 0 Å². The minimum Gasteiger partial charge on any atom is -0.265 e. The third-order valence-electron chi connectivity index (χ3n) is 3.23. The molecule has 0 saturated heterocycles. The average Bonchev–Trinajstić information content (AvgIpc) is 2.57. The lowest BCUT2D eigenvalue weighted by Crippen LogP contribution is -2.03. The SMILES string of the molecule is CCCc1nc(-c2ccncc2)nnc1-c1ccccc1. The lowest BCUT2D eigenvalue weighted by Gasteiger charge is -2.08. The molecule has 1 aromatic carbocycles. The molecule has 0 bridgehead atoms. The molecule has 0 N–H and O–H groups in total. The van der Waals surface area contributed by atoms with E-state index in [0.29, 0.717) is 5.82 Å². The van der Waals surface area contributed by atoms with Crippen molar-refractivity contribution in [2.75, 3.05) is 0 Å². The second kappa shape index (κ2) is 6.22. The monoisotopic (exact) mass is 276 g/mol. The molecule has 0 aliphatic carbocycles. The smallest absolute Gasteiger partial charge is 0.182 e. The van der Waals surface area contributed by atoms with Crippen LogP contribution in [0.25, 0.3) is 22.6 Å². The van der Waals surface area contributed by atoms with E-state index < -0.39 is 0 Å². The van der Waals surface area contributed by atoms with E-state index in [-0.39, 0.29) is 0 Å². The van der Waals surface area contributed by atoms with Gasteiger partial charge in [-0.15, -0.1) is 10.2 Å². The van der Waals surface area contributed by atoms with E-state index in [1.807, 2.05) is 42.5 Å². The highest BCUT2D eigenvalue weighted by Crippen LogP contribution is 2.22. The van der Waals surface area contributed by atoms with Crippen molar-refractivity contribution < 1.29 is 0 Å². The number of aromatic nitrogens is 4. The van der Waals surface area contributed by atoms with Gasteiger partial charge in [-0.1, -0.05) is 43.7 Å². The van der Waals surface area contributed by atoms with E-state index in [9.17, 15) is 0 Å². The first-order valence-corrected chi connectivity index (χ1v) is 7.08. The van der Waals surface area contributed by atoms with Crippen LogP contribution in [-0.4, -0.2) is 20.2 Å². The van der Waals surface area contributed by atoms with Crippen LogP contribution in [0.15, 0.2) is 54.9 Å². The number of nitrogens with zero attached hydrogens (tertiary/aromatic N) is 4. The number of hydrogen-bond donors (Lipinski definition) is 0. The first-order valence-electron chi connectivity index (χ1n) is 7.08. The Morgan fingerprint density at radius 1 is 0.857 bits per heavy atom. The molecule has 0 atom stereocenters. The molecule has 0 fully saturated rings. The van der Waals surface area contributed by atoms with Gasteiger partial charge in [0.2, 0.25) is 0 Å². The van der Waals surface area contributed by atoms with Crippen molar-refractivity contribution in [3.63, 3.8) is 0 Å². The topological polar surface area (TPSA) is 51.6 Å². The van der Waals surface area contributed by atoms with Gasteiger partial charge in [-0.2, -0.15) is 0 Å². The Labute approximate surface area is 123 Å². The summed E-state index contributed by atoms with van der Waals surface area (Å²) in [7, 11) is 0. The summed E-state index contributed by atoms with van der Waals surface area (Å²) in [5.74, 6) is 0.653. The Hall–Kier alpha value is -2.62. The van der Waals surface area contributed by atoms with Crippen molar-refractivity contribution in [3.05, 3.63) is 60.6 Å². The number of benzene rings is 1. The van der Waals surface area contributed by atoms with Crippen molar-refractivity contribution in [2.45, 2.75) is 19.8 Å². The highest BCUT2D eigenvalue weighted by molar-refractivity contribution is 5.63. The van der Waals surface area contributed by atoms with E-state index in [0.717, 1.165) is 35.4 Å². The summed E-state index contributed by atoms with van der Waals surface area (Å²) < 4.78 is 0. The summed E-state index contributed by atoms with van der Waals surface area (Å²) in [5, 5.41) is 8.69. The fraction of sp³-hybridized carbons (Fsp3) is 0.176. The molecule has 2 heterocycles. The fourth-order valence-electron chi connectivity index (χ4n) is 2.21. The van der Waals surface area contributed by atoms with Gasteiger partial charge in [-0.3, -0.25) is 4.98 Å². The lowest BCUT2D eigenvalue weighted by atomic mass is 10.1. The Morgan fingerprint density at radius 2 is 1.62 bits per heavy atom. The second-order valence-electron chi connectivity index (χ2n) is 4.78. The van der Waals surface area contributed by atoms with Crippen LogP contribution in [-0.2, 0) is 6.42 Å². The zero-order valence-electron chi connectivity index (χ0n) is 11.9. The zero-order chi connectivity index (χ0) is 14.5. The number of aryl methyl sites for hydroxylation is 1. The molecular weight excluding hydrogens is 260 g/mol. The maximum Gasteiger partial charge on any atom is 0.182 e. The molecule has 0 aliphatic heterocycles. The molecule has 4 heteroatoms. The van der Waals surface area contributed by atoms with Crippen LogP contribution in [0.3, 0.4) is 0 Å². The summed E-state index contributed by atoms with van der Waals surface area (Å²) in [6, 6.07) is 13.9. The second-order valence-corrected chi connectivity index (χ2v) is 4.78. The normalized spacial score (nSPS) is 10.5.